The van der Waals surface area contributed by atoms with Gasteiger partial charge in [0, 0.05) is 12.4 Å². The molecular weight excluding hydrogens is 234 g/mol. The van der Waals surface area contributed by atoms with Crippen LogP contribution in [0.25, 0.3) is 0 Å². The number of rotatable bonds is 8. The number of nitrogens with zero attached hydrogens (tertiary/aromatic N) is 2. The normalized spacial score (nSPS) is 17.8. The maximum Gasteiger partial charge on any atom is 0.251 e. The van der Waals surface area contributed by atoms with Gasteiger partial charge in [-0.05, 0) is 45.4 Å². The minimum atomic E-state index is -2.25. The van der Waals surface area contributed by atoms with Gasteiger partial charge in [0.1, 0.15) is 0 Å². The molecule has 1 aliphatic rings. The SMILES string of the molecule is FC(F)CN(CCCl)CCCN1CCCC1. The highest BCUT2D eigenvalue weighted by atomic mass is 35.5. The van der Waals surface area contributed by atoms with Crippen molar-refractivity contribution in [1.29, 1.82) is 0 Å². The van der Waals surface area contributed by atoms with Gasteiger partial charge < -0.3 is 4.90 Å². The van der Waals surface area contributed by atoms with E-state index in [-0.39, 0.29) is 6.54 Å². The van der Waals surface area contributed by atoms with Gasteiger partial charge in [-0.1, -0.05) is 0 Å². The van der Waals surface area contributed by atoms with Gasteiger partial charge in [-0.2, -0.15) is 0 Å². The second-order valence-corrected chi connectivity index (χ2v) is 4.66. The number of likely N-dealkylation sites (tertiary alicyclic amines) is 1. The van der Waals surface area contributed by atoms with Crippen molar-refractivity contribution in [3.63, 3.8) is 0 Å². The molecule has 0 amide bonds. The van der Waals surface area contributed by atoms with E-state index in [1.165, 1.54) is 25.9 Å². The molecule has 1 saturated heterocycles. The molecule has 1 heterocycles. The predicted octanol–water partition coefficient (Wildman–Crippen LogP) is 2.28. The van der Waals surface area contributed by atoms with Crippen molar-refractivity contribution < 1.29 is 8.78 Å². The van der Waals surface area contributed by atoms with Crippen LogP contribution in [0.4, 0.5) is 8.78 Å². The van der Waals surface area contributed by atoms with E-state index in [0.717, 1.165) is 19.5 Å². The third-order valence-electron chi connectivity index (χ3n) is 2.94. The fourth-order valence-corrected chi connectivity index (χ4v) is 2.37. The summed E-state index contributed by atoms with van der Waals surface area (Å²) in [6.07, 6.45) is 1.27. The lowest BCUT2D eigenvalue weighted by molar-refractivity contribution is 0.0891. The summed E-state index contributed by atoms with van der Waals surface area (Å²) in [4.78, 5) is 4.16. The van der Waals surface area contributed by atoms with Gasteiger partial charge in [0.15, 0.2) is 0 Å². The van der Waals surface area contributed by atoms with Crippen LogP contribution in [0.5, 0.6) is 0 Å². The molecule has 1 rings (SSSR count). The minimum Gasteiger partial charge on any atom is -0.303 e. The summed E-state index contributed by atoms with van der Waals surface area (Å²) in [6, 6.07) is 0. The molecule has 0 spiro atoms. The van der Waals surface area contributed by atoms with Crippen LogP contribution < -0.4 is 0 Å². The van der Waals surface area contributed by atoms with E-state index in [4.69, 9.17) is 11.6 Å². The van der Waals surface area contributed by atoms with Gasteiger partial charge in [0.2, 0.25) is 0 Å². The molecule has 16 heavy (non-hydrogen) atoms. The summed E-state index contributed by atoms with van der Waals surface area (Å²) in [5, 5.41) is 0. The molecule has 0 saturated carbocycles. The first kappa shape index (κ1) is 14.1. The number of hydrogen-bond acceptors (Lipinski definition) is 2. The van der Waals surface area contributed by atoms with Crippen molar-refractivity contribution in [1.82, 2.24) is 9.80 Å². The molecule has 0 bridgehead atoms. The number of hydrogen-bond donors (Lipinski definition) is 0. The third-order valence-corrected chi connectivity index (χ3v) is 3.11. The van der Waals surface area contributed by atoms with Crippen LogP contribution in [0.3, 0.4) is 0 Å². The Labute approximate surface area is 102 Å². The molecule has 0 aliphatic carbocycles. The van der Waals surface area contributed by atoms with Crippen molar-refractivity contribution in [3.05, 3.63) is 0 Å². The lowest BCUT2D eigenvalue weighted by atomic mass is 10.3. The largest absolute Gasteiger partial charge is 0.303 e. The van der Waals surface area contributed by atoms with Crippen LogP contribution in [0, 0.1) is 0 Å². The van der Waals surface area contributed by atoms with E-state index in [0.29, 0.717) is 12.4 Å². The number of alkyl halides is 3. The molecule has 96 valence electrons. The third kappa shape index (κ3) is 5.97. The van der Waals surface area contributed by atoms with Crippen LogP contribution in [0.2, 0.25) is 0 Å². The van der Waals surface area contributed by atoms with Crippen LogP contribution >= 0.6 is 11.6 Å². The Morgan fingerprint density at radius 3 is 2.44 bits per heavy atom. The second-order valence-electron chi connectivity index (χ2n) is 4.28. The highest BCUT2D eigenvalue weighted by molar-refractivity contribution is 6.18. The maximum absolute atomic E-state index is 12.2. The Morgan fingerprint density at radius 1 is 1.19 bits per heavy atom. The first-order chi connectivity index (χ1) is 7.72. The summed E-state index contributed by atoms with van der Waals surface area (Å²) < 4.78 is 24.5. The molecule has 0 N–H and O–H groups in total. The van der Waals surface area contributed by atoms with E-state index in [9.17, 15) is 8.78 Å². The maximum atomic E-state index is 12.2. The second kappa shape index (κ2) is 8.20. The highest BCUT2D eigenvalue weighted by Crippen LogP contribution is 2.08. The summed E-state index contributed by atoms with van der Waals surface area (Å²) >= 11 is 5.59. The zero-order valence-electron chi connectivity index (χ0n) is 9.68. The summed E-state index contributed by atoms with van der Waals surface area (Å²) in [6.45, 7) is 4.52. The Hall–Kier alpha value is 0.0700. The average Bonchev–Trinajstić information content (AvgIpc) is 2.70. The monoisotopic (exact) mass is 254 g/mol. The van der Waals surface area contributed by atoms with Crippen LogP contribution in [0.1, 0.15) is 19.3 Å². The fourth-order valence-electron chi connectivity index (χ4n) is 2.13. The van der Waals surface area contributed by atoms with Crippen molar-refractivity contribution >= 4 is 11.6 Å². The van der Waals surface area contributed by atoms with Crippen molar-refractivity contribution in [2.75, 3.05) is 45.1 Å². The summed E-state index contributed by atoms with van der Waals surface area (Å²) in [7, 11) is 0. The Balaban J connectivity index is 2.10. The first-order valence-electron chi connectivity index (χ1n) is 6.01. The van der Waals surface area contributed by atoms with Gasteiger partial charge in [-0.3, -0.25) is 4.90 Å². The first-order valence-corrected chi connectivity index (χ1v) is 6.54. The quantitative estimate of drug-likeness (QED) is 0.613. The average molecular weight is 255 g/mol. The van der Waals surface area contributed by atoms with Crippen LogP contribution in [-0.2, 0) is 0 Å². The van der Waals surface area contributed by atoms with Gasteiger partial charge >= 0.3 is 0 Å². The van der Waals surface area contributed by atoms with Gasteiger partial charge in [-0.15, -0.1) is 11.6 Å². The van der Waals surface area contributed by atoms with Crippen LogP contribution in [-0.4, -0.2) is 61.4 Å². The lowest BCUT2D eigenvalue weighted by Gasteiger charge is -2.22. The van der Waals surface area contributed by atoms with E-state index in [1.807, 2.05) is 0 Å². The standard InChI is InChI=1S/C11H21ClF2N2/c12-4-9-16(10-11(13)14)8-3-7-15-5-1-2-6-15/h11H,1-10H2. The predicted molar refractivity (Wildman–Crippen MR) is 63.5 cm³/mol. The summed E-state index contributed by atoms with van der Waals surface area (Å²) in [5.74, 6) is 0.427. The molecule has 0 atom stereocenters. The van der Waals surface area contributed by atoms with Crippen molar-refractivity contribution in [2.45, 2.75) is 25.7 Å². The van der Waals surface area contributed by atoms with E-state index >= 15 is 0 Å². The Kier molecular flexibility index (Phi) is 7.25. The fraction of sp³-hybridized carbons (Fsp3) is 1.00. The molecular formula is C11H21ClF2N2. The van der Waals surface area contributed by atoms with Gasteiger partial charge in [-0.25, -0.2) is 8.78 Å². The zero-order valence-corrected chi connectivity index (χ0v) is 10.4. The topological polar surface area (TPSA) is 6.48 Å². The van der Waals surface area contributed by atoms with Gasteiger partial charge in [0.25, 0.3) is 6.43 Å². The van der Waals surface area contributed by atoms with Gasteiger partial charge in [0.05, 0.1) is 6.54 Å². The zero-order chi connectivity index (χ0) is 11.8. The molecule has 0 aromatic heterocycles. The summed E-state index contributed by atoms with van der Waals surface area (Å²) in [5.41, 5.74) is 0. The molecule has 5 heteroatoms. The van der Waals surface area contributed by atoms with E-state index in [1.54, 1.807) is 4.90 Å². The number of halogens is 3. The van der Waals surface area contributed by atoms with Crippen molar-refractivity contribution in [3.8, 4) is 0 Å². The molecule has 0 unspecified atom stereocenters. The van der Waals surface area contributed by atoms with E-state index in [2.05, 4.69) is 4.90 Å². The van der Waals surface area contributed by atoms with E-state index < -0.39 is 6.43 Å². The van der Waals surface area contributed by atoms with Crippen molar-refractivity contribution in [2.24, 2.45) is 0 Å². The van der Waals surface area contributed by atoms with Crippen LogP contribution in [0.15, 0.2) is 0 Å². The smallest absolute Gasteiger partial charge is 0.251 e. The molecule has 0 aromatic rings. The molecule has 0 aromatic carbocycles. The highest BCUT2D eigenvalue weighted by Gasteiger charge is 2.13. The lowest BCUT2D eigenvalue weighted by Crippen LogP contribution is -2.33. The molecule has 0 radical (unpaired) electrons. The molecule has 2 nitrogen and oxygen atoms in total. The Bertz CT molecular complexity index is 175. The molecule has 1 aliphatic heterocycles. The molecule has 1 fully saturated rings. The minimum absolute atomic E-state index is 0.146. The Morgan fingerprint density at radius 2 is 1.88 bits per heavy atom.